The molecule has 0 aliphatic carbocycles. The van der Waals surface area contributed by atoms with Crippen LogP contribution < -0.4 is 5.32 Å². The Morgan fingerprint density at radius 2 is 1.74 bits per heavy atom. The Balaban J connectivity index is 1.49. The Labute approximate surface area is 182 Å². The molecule has 2 N–H and O–H groups in total. The molecule has 3 aromatic rings. The summed E-state index contributed by atoms with van der Waals surface area (Å²) in [6.45, 7) is 0. The van der Waals surface area contributed by atoms with Crippen LogP contribution in [0.4, 0.5) is 10.1 Å². The summed E-state index contributed by atoms with van der Waals surface area (Å²) in [5, 5.41) is 11.8. The number of carboxylic acid groups (broad SMARTS) is 1. The van der Waals surface area contributed by atoms with Crippen molar-refractivity contribution >= 4 is 40.6 Å². The number of aliphatic imine (C=N–C) groups is 1. The molecule has 1 fully saturated rings. The van der Waals surface area contributed by atoms with E-state index in [9.17, 15) is 14.0 Å². The van der Waals surface area contributed by atoms with Gasteiger partial charge in [-0.25, -0.2) is 9.38 Å². The van der Waals surface area contributed by atoms with E-state index in [0.29, 0.717) is 15.8 Å². The lowest BCUT2D eigenvalue weighted by molar-refractivity contribution is -0.136. The number of carbonyl (C=O) groups excluding carboxylic acids is 1. The molecule has 0 atom stereocenters. The molecule has 154 valence electrons. The Hall–Kier alpha value is -3.71. The maximum absolute atomic E-state index is 14.0. The van der Waals surface area contributed by atoms with Gasteiger partial charge in [0.15, 0.2) is 5.17 Å². The molecule has 1 heterocycles. The molecule has 1 aliphatic heterocycles. The predicted molar refractivity (Wildman–Crippen MR) is 120 cm³/mol. The fourth-order valence-corrected chi connectivity index (χ4v) is 3.91. The molecule has 1 aliphatic rings. The van der Waals surface area contributed by atoms with Crippen molar-refractivity contribution in [3.8, 4) is 11.1 Å². The van der Waals surface area contributed by atoms with Crippen LogP contribution in [0, 0.1) is 5.82 Å². The average molecular weight is 432 g/mol. The Kier molecular flexibility index (Phi) is 5.95. The minimum Gasteiger partial charge on any atom is -0.481 e. The summed E-state index contributed by atoms with van der Waals surface area (Å²) in [6.07, 6.45) is 1.37. The van der Waals surface area contributed by atoms with Crippen LogP contribution in [0.5, 0.6) is 0 Å². The second kappa shape index (κ2) is 8.97. The van der Waals surface area contributed by atoms with Crippen molar-refractivity contribution in [2.24, 2.45) is 4.99 Å². The van der Waals surface area contributed by atoms with Gasteiger partial charge in [0.1, 0.15) is 5.82 Å². The van der Waals surface area contributed by atoms with Gasteiger partial charge in [0.25, 0.3) is 5.91 Å². The number of amides is 1. The van der Waals surface area contributed by atoms with Crippen LogP contribution in [0.1, 0.15) is 11.1 Å². The number of hydrogen-bond acceptors (Lipinski definition) is 4. The van der Waals surface area contributed by atoms with Gasteiger partial charge in [-0.15, -0.1) is 0 Å². The lowest BCUT2D eigenvalue weighted by atomic mass is 10.0. The van der Waals surface area contributed by atoms with E-state index in [2.05, 4.69) is 10.3 Å². The second-order valence-corrected chi connectivity index (χ2v) is 7.85. The molecule has 3 aromatic carbocycles. The van der Waals surface area contributed by atoms with Gasteiger partial charge in [-0.05, 0) is 52.2 Å². The largest absolute Gasteiger partial charge is 0.481 e. The van der Waals surface area contributed by atoms with Crippen LogP contribution in [-0.4, -0.2) is 22.2 Å². The zero-order valence-corrected chi connectivity index (χ0v) is 17.0. The molecular weight excluding hydrogens is 415 g/mol. The van der Waals surface area contributed by atoms with E-state index in [1.807, 2.05) is 54.6 Å². The van der Waals surface area contributed by atoms with Crippen LogP contribution in [0.15, 0.2) is 82.7 Å². The normalized spacial score (nSPS) is 16.0. The van der Waals surface area contributed by atoms with Crippen LogP contribution in [0.3, 0.4) is 0 Å². The highest BCUT2D eigenvalue weighted by atomic mass is 32.2. The van der Waals surface area contributed by atoms with Crippen molar-refractivity contribution in [1.29, 1.82) is 0 Å². The highest BCUT2D eigenvalue weighted by Gasteiger charge is 2.24. The maximum atomic E-state index is 14.0. The first-order valence-corrected chi connectivity index (χ1v) is 10.2. The number of carbonyl (C=O) groups is 2. The topological polar surface area (TPSA) is 78.8 Å². The molecule has 0 spiro atoms. The molecule has 0 radical (unpaired) electrons. The van der Waals surface area contributed by atoms with E-state index >= 15 is 0 Å². The zero-order chi connectivity index (χ0) is 21.8. The van der Waals surface area contributed by atoms with Gasteiger partial charge >= 0.3 is 5.97 Å². The number of thioether (sulfide) groups is 1. The molecule has 5 nitrogen and oxygen atoms in total. The number of rotatable bonds is 5. The Morgan fingerprint density at radius 1 is 1.03 bits per heavy atom. The number of hydrogen-bond donors (Lipinski definition) is 2. The predicted octanol–water partition coefficient (Wildman–Crippen LogP) is 5.01. The van der Waals surface area contributed by atoms with Gasteiger partial charge in [-0.2, -0.15) is 0 Å². The fraction of sp³-hybridized carbons (Fsp3) is 0.0417. The van der Waals surface area contributed by atoms with E-state index < -0.39 is 18.2 Å². The minimum absolute atomic E-state index is 0.0825. The molecule has 7 heteroatoms. The van der Waals surface area contributed by atoms with E-state index in [4.69, 9.17) is 5.11 Å². The van der Waals surface area contributed by atoms with Gasteiger partial charge in [0.2, 0.25) is 0 Å². The first-order chi connectivity index (χ1) is 15.0. The van der Waals surface area contributed by atoms with E-state index in [-0.39, 0.29) is 11.5 Å². The highest BCUT2D eigenvalue weighted by molar-refractivity contribution is 8.18. The third-order valence-corrected chi connectivity index (χ3v) is 5.49. The van der Waals surface area contributed by atoms with Crippen molar-refractivity contribution in [2.45, 2.75) is 6.42 Å². The van der Waals surface area contributed by atoms with Crippen molar-refractivity contribution in [2.75, 3.05) is 0 Å². The quantitative estimate of drug-likeness (QED) is 0.556. The SMILES string of the molecule is O=C(O)Cc1ccc(N=C2NC(=O)C(=Cc3ccc(-c4ccccc4)cc3)S2)cc1F. The van der Waals surface area contributed by atoms with Gasteiger partial charge in [0, 0.05) is 0 Å². The third kappa shape index (κ3) is 5.07. The number of amidine groups is 1. The van der Waals surface area contributed by atoms with Crippen LogP contribution in [0.25, 0.3) is 17.2 Å². The van der Waals surface area contributed by atoms with Crippen molar-refractivity contribution in [3.05, 3.63) is 94.6 Å². The molecule has 0 bridgehead atoms. The average Bonchev–Trinajstić information content (AvgIpc) is 3.09. The molecule has 31 heavy (non-hydrogen) atoms. The Bertz CT molecular complexity index is 1210. The summed E-state index contributed by atoms with van der Waals surface area (Å²) in [5.41, 5.74) is 3.46. The van der Waals surface area contributed by atoms with Gasteiger partial charge in [-0.1, -0.05) is 60.7 Å². The second-order valence-electron chi connectivity index (χ2n) is 6.82. The van der Waals surface area contributed by atoms with Gasteiger partial charge in [-0.3, -0.25) is 9.59 Å². The zero-order valence-electron chi connectivity index (χ0n) is 16.2. The monoisotopic (exact) mass is 432 g/mol. The molecule has 0 aromatic heterocycles. The summed E-state index contributed by atoms with van der Waals surface area (Å²) in [7, 11) is 0. The number of benzene rings is 3. The molecule has 1 saturated heterocycles. The smallest absolute Gasteiger partial charge is 0.307 e. The number of halogens is 1. The summed E-state index contributed by atoms with van der Waals surface area (Å²) < 4.78 is 14.0. The summed E-state index contributed by atoms with van der Waals surface area (Å²) in [6, 6.07) is 21.9. The van der Waals surface area contributed by atoms with Gasteiger partial charge in [0.05, 0.1) is 17.0 Å². The number of carboxylic acids is 1. The lowest BCUT2D eigenvalue weighted by Gasteiger charge is -2.02. The van der Waals surface area contributed by atoms with E-state index in [0.717, 1.165) is 34.5 Å². The lowest BCUT2D eigenvalue weighted by Crippen LogP contribution is -2.19. The molecular formula is C24H17FN2O3S. The summed E-state index contributed by atoms with van der Waals surface area (Å²) in [4.78, 5) is 27.8. The van der Waals surface area contributed by atoms with Crippen molar-refractivity contribution in [3.63, 3.8) is 0 Å². The summed E-state index contributed by atoms with van der Waals surface area (Å²) >= 11 is 1.16. The fourth-order valence-electron chi connectivity index (χ4n) is 3.06. The summed E-state index contributed by atoms with van der Waals surface area (Å²) in [5.74, 6) is -2.03. The molecule has 1 amide bonds. The van der Waals surface area contributed by atoms with Crippen molar-refractivity contribution < 1.29 is 19.1 Å². The van der Waals surface area contributed by atoms with Crippen LogP contribution >= 0.6 is 11.8 Å². The molecule has 4 rings (SSSR count). The number of nitrogens with one attached hydrogen (secondary N) is 1. The highest BCUT2D eigenvalue weighted by Crippen LogP contribution is 2.29. The molecule has 0 saturated carbocycles. The van der Waals surface area contributed by atoms with Gasteiger partial charge < -0.3 is 10.4 Å². The first-order valence-electron chi connectivity index (χ1n) is 9.43. The number of nitrogens with zero attached hydrogens (tertiary/aromatic N) is 1. The minimum atomic E-state index is -1.11. The van der Waals surface area contributed by atoms with E-state index in [1.54, 1.807) is 6.08 Å². The van der Waals surface area contributed by atoms with Crippen LogP contribution in [-0.2, 0) is 16.0 Å². The van der Waals surface area contributed by atoms with Crippen LogP contribution in [0.2, 0.25) is 0 Å². The third-order valence-electron chi connectivity index (χ3n) is 4.58. The van der Waals surface area contributed by atoms with E-state index in [1.165, 1.54) is 12.1 Å². The number of aliphatic carboxylic acids is 1. The first kappa shape index (κ1) is 20.6. The maximum Gasteiger partial charge on any atom is 0.307 e. The standard InChI is InChI=1S/C24H17FN2O3S/c25-20-14-19(11-10-18(20)13-22(28)29)26-24-27-23(30)21(31-24)12-15-6-8-17(9-7-15)16-4-2-1-3-5-16/h1-12,14H,13H2,(H,28,29)(H,26,27,30). The Morgan fingerprint density at radius 3 is 2.42 bits per heavy atom. The van der Waals surface area contributed by atoms with Crippen molar-refractivity contribution in [1.82, 2.24) is 5.32 Å². The molecule has 0 unspecified atom stereocenters.